The quantitative estimate of drug-likeness (QED) is 0.122. The third-order valence-electron chi connectivity index (χ3n) is 2.25. The minimum atomic E-state index is -2.00. The van der Waals surface area contributed by atoms with Gasteiger partial charge in [-0.15, -0.1) is 0 Å². The first-order chi connectivity index (χ1) is 10.5. The Morgan fingerprint density at radius 3 is 1.55 bits per heavy atom. The van der Waals surface area contributed by atoms with E-state index in [1.807, 2.05) is 0 Å². The first kappa shape index (κ1) is 21.5. The molecule has 0 amide bonds. The van der Waals surface area contributed by atoms with Crippen LogP contribution < -0.4 is 0 Å². The second-order valence-corrected chi connectivity index (χ2v) is 8.57. The molecule has 22 heavy (non-hydrogen) atoms. The predicted molar refractivity (Wildman–Crippen MR) is 91.3 cm³/mol. The fourth-order valence-corrected chi connectivity index (χ4v) is 4.69. The molecular weight excluding hydrogens is 372 g/mol. The van der Waals surface area contributed by atoms with Gasteiger partial charge in [0.2, 0.25) is 0 Å². The number of nitrogens with zero attached hydrogens (tertiary/aromatic N) is 6. The van der Waals surface area contributed by atoms with Crippen LogP contribution in [0.1, 0.15) is 12.8 Å². The molecule has 0 aliphatic rings. The molecule has 0 fully saturated rings. The first-order valence-electron chi connectivity index (χ1n) is 5.97. The molecule has 0 saturated carbocycles. The van der Waals surface area contributed by atoms with Crippen molar-refractivity contribution in [2.24, 2.45) is 10.2 Å². The van der Waals surface area contributed by atoms with Crippen molar-refractivity contribution < 1.29 is 17.5 Å². The van der Waals surface area contributed by atoms with Crippen LogP contribution in [0.5, 0.6) is 0 Å². The van der Waals surface area contributed by atoms with Gasteiger partial charge in [-0.3, -0.25) is 0 Å². The lowest BCUT2D eigenvalue weighted by molar-refractivity contribution is 0.552. The normalized spacial score (nSPS) is 15.9. The number of rotatable bonds is 13. The third kappa shape index (κ3) is 13.2. The lowest BCUT2D eigenvalue weighted by Gasteiger charge is -2.09. The number of hydrogen-bond donors (Lipinski definition) is 2. The summed E-state index contributed by atoms with van der Waals surface area (Å²) in [7, 11) is 2.99. The van der Waals surface area contributed by atoms with Gasteiger partial charge in [0.1, 0.15) is 0 Å². The summed E-state index contributed by atoms with van der Waals surface area (Å²) in [5.74, 6) is 1.08. The van der Waals surface area contributed by atoms with E-state index in [-0.39, 0.29) is 11.5 Å². The third-order valence-corrected chi connectivity index (χ3v) is 6.06. The van der Waals surface area contributed by atoms with E-state index in [2.05, 4.69) is 20.1 Å². The zero-order chi connectivity index (χ0) is 16.8. The van der Waals surface area contributed by atoms with Crippen LogP contribution in [-0.2, 0) is 22.2 Å². The van der Waals surface area contributed by atoms with Gasteiger partial charge in [-0.1, -0.05) is 31.8 Å². The molecule has 0 heterocycles. The molecule has 0 saturated heterocycles. The zero-order valence-corrected chi connectivity index (χ0v) is 14.7. The monoisotopic (exact) mass is 388 g/mol. The molecule has 0 aliphatic carbocycles. The van der Waals surface area contributed by atoms with E-state index in [1.54, 1.807) is 0 Å². The van der Waals surface area contributed by atoms with Crippen molar-refractivity contribution in [3.63, 3.8) is 0 Å². The largest absolute Gasteiger partial charge is 0.306 e. The van der Waals surface area contributed by atoms with E-state index in [9.17, 15) is 8.42 Å². The van der Waals surface area contributed by atoms with Crippen LogP contribution in [0.3, 0.4) is 0 Å². The van der Waals surface area contributed by atoms with Gasteiger partial charge in [-0.05, 0) is 23.9 Å². The van der Waals surface area contributed by atoms with Gasteiger partial charge in [0.25, 0.3) is 0 Å². The van der Waals surface area contributed by atoms with Crippen LogP contribution in [0.25, 0.3) is 20.9 Å². The predicted octanol–water partition coefficient (Wildman–Crippen LogP) is 2.95. The van der Waals surface area contributed by atoms with E-state index >= 15 is 0 Å². The fraction of sp³-hybridized carbons (Fsp3) is 1.00. The summed E-state index contributed by atoms with van der Waals surface area (Å²) in [5, 5.41) is 6.91. The van der Waals surface area contributed by atoms with Crippen LogP contribution in [0, 0.1) is 0 Å². The van der Waals surface area contributed by atoms with Crippen molar-refractivity contribution in [1.29, 1.82) is 0 Å². The maximum atomic E-state index is 10.7. The SMILES string of the molecule is [N-]=[N+]=N[C@@H](CCSSCC[C@@H](CS(=O)O)N=[N+]=[N-])CS(=O)O. The van der Waals surface area contributed by atoms with Crippen molar-refractivity contribution >= 4 is 43.7 Å². The molecule has 0 radical (unpaired) electrons. The van der Waals surface area contributed by atoms with Gasteiger partial charge in [-0.2, -0.15) is 0 Å². The van der Waals surface area contributed by atoms with E-state index in [0.29, 0.717) is 24.3 Å². The van der Waals surface area contributed by atoms with Crippen molar-refractivity contribution in [3.05, 3.63) is 20.9 Å². The van der Waals surface area contributed by atoms with Crippen molar-refractivity contribution in [2.75, 3.05) is 23.0 Å². The molecular formula is C8H16N6O4S4. The van der Waals surface area contributed by atoms with Gasteiger partial charge in [0.15, 0.2) is 22.2 Å². The molecule has 0 bridgehead atoms. The molecule has 0 aliphatic heterocycles. The lowest BCUT2D eigenvalue weighted by Crippen LogP contribution is -2.15. The number of hydrogen-bond acceptors (Lipinski definition) is 6. The maximum absolute atomic E-state index is 10.7. The summed E-state index contributed by atoms with van der Waals surface area (Å²) in [5.41, 5.74) is 16.7. The van der Waals surface area contributed by atoms with Crippen LogP contribution in [0.2, 0.25) is 0 Å². The Hall–Kier alpha value is -0.460. The molecule has 0 aromatic rings. The minimum Gasteiger partial charge on any atom is -0.306 e. The Labute approximate surface area is 140 Å². The summed E-state index contributed by atoms with van der Waals surface area (Å²) in [6, 6.07) is -1.03. The summed E-state index contributed by atoms with van der Waals surface area (Å²) in [6.07, 6.45) is 0.961. The Bertz CT molecular complexity index is 426. The molecule has 0 rings (SSSR count). The van der Waals surface area contributed by atoms with Gasteiger partial charge in [-0.25, -0.2) is 8.42 Å². The van der Waals surface area contributed by atoms with E-state index in [4.69, 9.17) is 20.2 Å². The van der Waals surface area contributed by atoms with Gasteiger partial charge >= 0.3 is 0 Å². The molecule has 2 unspecified atom stereocenters. The molecule has 10 nitrogen and oxygen atoms in total. The minimum absolute atomic E-state index is 0.0867. The Kier molecular flexibility index (Phi) is 13.9. The zero-order valence-electron chi connectivity index (χ0n) is 11.4. The Morgan fingerprint density at radius 1 is 0.909 bits per heavy atom. The highest BCUT2D eigenvalue weighted by molar-refractivity contribution is 8.76. The van der Waals surface area contributed by atoms with E-state index in [0.717, 1.165) is 0 Å². The second kappa shape index (κ2) is 14.2. The van der Waals surface area contributed by atoms with Crippen molar-refractivity contribution in [1.82, 2.24) is 0 Å². The topological polar surface area (TPSA) is 172 Å². The standard InChI is InChI=1S/C8H16N6O4S4/c9-13-11-7(5-21(15)16)1-3-19-20-4-2-8(12-14-10)6-22(17)18/h7-8H,1-6H2,(H,15,16)(H,17,18)/t7-,8-/m0/s1. The van der Waals surface area contributed by atoms with Gasteiger partial charge in [0.05, 0.1) is 23.6 Å². The van der Waals surface area contributed by atoms with Crippen LogP contribution in [-0.4, -0.2) is 52.6 Å². The maximum Gasteiger partial charge on any atom is 0.153 e. The van der Waals surface area contributed by atoms with Crippen molar-refractivity contribution in [2.45, 2.75) is 24.9 Å². The smallest absolute Gasteiger partial charge is 0.153 e. The van der Waals surface area contributed by atoms with E-state index in [1.165, 1.54) is 21.6 Å². The Morgan fingerprint density at radius 2 is 1.27 bits per heavy atom. The fourth-order valence-electron chi connectivity index (χ4n) is 1.31. The molecule has 14 heteroatoms. The van der Waals surface area contributed by atoms with Crippen LogP contribution >= 0.6 is 21.6 Å². The van der Waals surface area contributed by atoms with Gasteiger partial charge in [0, 0.05) is 21.3 Å². The highest BCUT2D eigenvalue weighted by Gasteiger charge is 2.11. The molecule has 0 aromatic carbocycles. The average Bonchev–Trinajstić information content (AvgIpc) is 2.41. The molecule has 4 atom stereocenters. The molecule has 126 valence electrons. The molecule has 0 spiro atoms. The lowest BCUT2D eigenvalue weighted by atomic mass is 10.3. The van der Waals surface area contributed by atoms with Crippen LogP contribution in [0.4, 0.5) is 0 Å². The highest BCUT2D eigenvalue weighted by Crippen LogP contribution is 2.25. The first-order valence-corrected chi connectivity index (χ1v) is 11.0. The summed E-state index contributed by atoms with van der Waals surface area (Å²) in [6.45, 7) is 0. The average molecular weight is 389 g/mol. The van der Waals surface area contributed by atoms with Crippen molar-refractivity contribution in [3.8, 4) is 0 Å². The Balaban J connectivity index is 3.90. The summed E-state index contributed by atoms with van der Waals surface area (Å²) < 4.78 is 38.9. The summed E-state index contributed by atoms with van der Waals surface area (Å²) >= 11 is -4.00. The second-order valence-electron chi connectivity index (χ2n) is 3.92. The molecule has 0 aromatic heterocycles. The molecule has 2 N–H and O–H groups in total. The van der Waals surface area contributed by atoms with Gasteiger partial charge < -0.3 is 9.11 Å². The highest BCUT2D eigenvalue weighted by atomic mass is 33.1. The number of azide groups is 2. The summed E-state index contributed by atoms with van der Waals surface area (Å²) in [4.78, 5) is 5.28. The van der Waals surface area contributed by atoms with Crippen LogP contribution in [0.15, 0.2) is 10.2 Å². The van der Waals surface area contributed by atoms with E-state index < -0.39 is 34.2 Å².